The van der Waals surface area contributed by atoms with E-state index < -0.39 is 9.84 Å². The lowest BCUT2D eigenvalue weighted by Crippen LogP contribution is -1.94. The average molecular weight is 208 g/mol. The molecule has 0 bridgehead atoms. The predicted molar refractivity (Wildman–Crippen MR) is 36.1 cm³/mol. The van der Waals surface area contributed by atoms with Gasteiger partial charge in [0.05, 0.1) is 0 Å². The molecule has 0 rings (SSSR count). The van der Waals surface area contributed by atoms with Crippen LogP contribution in [-0.2, 0) is 9.84 Å². The molecule has 0 aromatic carbocycles. The monoisotopic (exact) mass is 207 g/mol. The van der Waals surface area contributed by atoms with Crippen LogP contribution in [-0.4, -0.2) is 13.1 Å². The maximum Gasteiger partial charge on any atom is 0.227 e. The normalized spacial score (nSPS) is 8.89. The van der Waals surface area contributed by atoms with Crippen molar-refractivity contribution in [3.05, 3.63) is 0 Å². The zero-order valence-electron chi connectivity index (χ0n) is 4.26. The first kappa shape index (κ1) is 8.48. The quantitative estimate of drug-likeness (QED) is 0.352. The number of sulfone groups is 1. The summed E-state index contributed by atoms with van der Waals surface area (Å²) in [4.78, 5) is 0. The molecule has 0 atom stereocenters. The van der Waals surface area contributed by atoms with Crippen LogP contribution >= 0.6 is 15.9 Å². The number of hydrogen-bond acceptors (Lipinski definition) is 3. The molecule has 0 aromatic heterocycles. The molecule has 9 heavy (non-hydrogen) atoms. The lowest BCUT2D eigenvalue weighted by molar-refractivity contribution is 0.611. The number of hydrogen-bond donors (Lipinski definition) is 0. The van der Waals surface area contributed by atoms with Crippen LogP contribution in [0.15, 0.2) is 0 Å². The van der Waals surface area contributed by atoms with E-state index in [0.717, 1.165) is 0 Å². The van der Waals surface area contributed by atoms with Gasteiger partial charge in [-0.25, -0.2) is 8.42 Å². The second kappa shape index (κ2) is 3.49. The highest BCUT2D eigenvalue weighted by atomic mass is 79.9. The van der Waals surface area contributed by atoms with Crippen molar-refractivity contribution < 1.29 is 8.42 Å². The number of alkyl halides is 1. The van der Waals surface area contributed by atoms with Gasteiger partial charge in [-0.3, -0.25) is 0 Å². The van der Waals surface area contributed by atoms with Gasteiger partial charge >= 0.3 is 0 Å². The van der Waals surface area contributed by atoms with E-state index >= 15 is 0 Å². The average Bonchev–Trinajstić information content (AvgIpc) is 1.84. The minimum atomic E-state index is -3.35. The van der Waals surface area contributed by atoms with Gasteiger partial charge in [0.2, 0.25) is 9.84 Å². The van der Waals surface area contributed by atoms with Crippen molar-refractivity contribution in [3.63, 3.8) is 0 Å². The van der Waals surface area contributed by atoms with E-state index in [1.807, 2.05) is 0 Å². The minimum absolute atomic E-state index is 0.228. The van der Waals surface area contributed by atoms with Crippen molar-refractivity contribution in [2.45, 2.75) is 0 Å². The Morgan fingerprint density at radius 3 is 2.44 bits per heavy atom. The van der Waals surface area contributed by atoms with Crippen molar-refractivity contribution in [3.8, 4) is 17.2 Å². The Kier molecular flexibility index (Phi) is 3.29. The Balaban J connectivity index is 4.45. The first-order valence-corrected chi connectivity index (χ1v) is 4.59. The van der Waals surface area contributed by atoms with E-state index in [1.165, 1.54) is 6.07 Å². The van der Waals surface area contributed by atoms with Crippen LogP contribution in [0, 0.1) is 22.5 Å². The molecule has 0 unspecified atom stereocenters. The molecule has 0 amide bonds. The van der Waals surface area contributed by atoms with E-state index in [-0.39, 0.29) is 4.66 Å². The molecule has 0 radical (unpaired) electrons. The van der Waals surface area contributed by atoms with Crippen molar-refractivity contribution >= 4 is 25.8 Å². The molecule has 0 spiro atoms. The fourth-order valence-corrected chi connectivity index (χ4v) is 0.727. The summed E-state index contributed by atoms with van der Waals surface area (Å²) in [6.07, 6.45) is 0. The van der Waals surface area contributed by atoms with Gasteiger partial charge in [0.25, 0.3) is 0 Å². The summed E-state index contributed by atoms with van der Waals surface area (Å²) < 4.78 is 20.5. The highest BCUT2D eigenvalue weighted by Crippen LogP contribution is 1.91. The zero-order valence-corrected chi connectivity index (χ0v) is 6.66. The van der Waals surface area contributed by atoms with E-state index in [0.29, 0.717) is 0 Å². The molecule has 0 N–H and O–H groups in total. The van der Waals surface area contributed by atoms with E-state index in [1.54, 1.807) is 11.2 Å². The fourth-order valence-electron chi connectivity index (χ4n) is 0.128. The second-order valence-electron chi connectivity index (χ2n) is 1.06. The summed E-state index contributed by atoms with van der Waals surface area (Å²) in [5.74, 6) is 1.78. The maximum atomic E-state index is 10.4. The Morgan fingerprint density at radius 2 is 2.11 bits per heavy atom. The number of nitriles is 1. The molecular weight excluding hydrogens is 206 g/mol. The fraction of sp³-hybridized carbons (Fsp3) is 0.250. The first-order chi connectivity index (χ1) is 4.12. The summed E-state index contributed by atoms with van der Waals surface area (Å²) in [7, 11) is -3.35. The predicted octanol–water partition coefficient (Wildman–Crippen LogP) is 0.238. The third-order valence-corrected chi connectivity index (χ3v) is 2.91. The van der Waals surface area contributed by atoms with Crippen LogP contribution < -0.4 is 0 Å². The maximum absolute atomic E-state index is 10.4. The number of rotatable bonds is 1. The molecule has 0 fully saturated rings. The number of nitrogens with zero attached hydrogens (tertiary/aromatic N) is 1. The van der Waals surface area contributed by atoms with Gasteiger partial charge in [-0.05, 0) is 0 Å². The van der Waals surface area contributed by atoms with Gasteiger partial charge < -0.3 is 0 Å². The zero-order chi connectivity index (χ0) is 7.33. The van der Waals surface area contributed by atoms with Gasteiger partial charge in [-0.2, -0.15) is 5.26 Å². The molecule has 0 aromatic rings. The van der Waals surface area contributed by atoms with Crippen molar-refractivity contribution in [2.24, 2.45) is 0 Å². The summed E-state index contributed by atoms with van der Waals surface area (Å²) in [6.45, 7) is 0. The topological polar surface area (TPSA) is 57.9 Å². The van der Waals surface area contributed by atoms with Crippen molar-refractivity contribution in [1.82, 2.24) is 0 Å². The third-order valence-electron chi connectivity index (χ3n) is 0.406. The molecule has 5 heteroatoms. The summed E-state index contributed by atoms with van der Waals surface area (Å²) in [6, 6.07) is 1.40. The van der Waals surface area contributed by atoms with E-state index in [2.05, 4.69) is 15.9 Å². The van der Waals surface area contributed by atoms with Crippen molar-refractivity contribution in [1.29, 1.82) is 5.26 Å². The van der Waals surface area contributed by atoms with Crippen LogP contribution in [0.5, 0.6) is 0 Å². The van der Waals surface area contributed by atoms with Gasteiger partial charge in [0.1, 0.15) is 4.66 Å². The first-order valence-electron chi connectivity index (χ1n) is 1.82. The molecule has 48 valence electrons. The van der Waals surface area contributed by atoms with Crippen LogP contribution in [0.25, 0.3) is 0 Å². The smallest absolute Gasteiger partial charge is 0.215 e. The summed E-state index contributed by atoms with van der Waals surface area (Å²) in [5, 5.41) is 9.59. The number of halogens is 1. The molecule has 0 aliphatic heterocycles. The van der Waals surface area contributed by atoms with Gasteiger partial charge in [0.15, 0.2) is 6.07 Å². The Bertz CT molecular complexity index is 276. The Hall–Kier alpha value is -0.520. The lowest BCUT2D eigenvalue weighted by Gasteiger charge is -1.79. The third kappa shape index (κ3) is 4.01. The molecule has 0 aliphatic carbocycles. The second-order valence-corrected chi connectivity index (χ2v) is 4.09. The van der Waals surface area contributed by atoms with Gasteiger partial charge in [0, 0.05) is 11.2 Å². The highest BCUT2D eigenvalue weighted by Gasteiger charge is 1.99. The standard InChI is InChI=1S/C4H2BrNO2S/c5-4-9(7,8)3-1-2-6/h4H2. The lowest BCUT2D eigenvalue weighted by atomic mass is 10.8. The molecule has 0 saturated heterocycles. The van der Waals surface area contributed by atoms with Crippen LogP contribution in [0.4, 0.5) is 0 Å². The van der Waals surface area contributed by atoms with E-state index in [4.69, 9.17) is 5.26 Å². The molecule has 0 saturated carbocycles. The largest absolute Gasteiger partial charge is 0.227 e. The van der Waals surface area contributed by atoms with Crippen LogP contribution in [0.3, 0.4) is 0 Å². The van der Waals surface area contributed by atoms with Crippen LogP contribution in [0.1, 0.15) is 0 Å². The molecular formula is C4H2BrNO2S. The Morgan fingerprint density at radius 1 is 1.56 bits per heavy atom. The molecule has 0 heterocycles. The highest BCUT2D eigenvalue weighted by molar-refractivity contribution is 9.10. The SMILES string of the molecule is N#CC#CS(=O)(=O)CBr. The Labute approximate surface area is 61.7 Å². The minimum Gasteiger partial charge on any atom is -0.215 e. The molecule has 0 aliphatic rings. The van der Waals surface area contributed by atoms with Gasteiger partial charge in [-0.15, -0.1) is 0 Å². The van der Waals surface area contributed by atoms with Crippen LogP contribution in [0.2, 0.25) is 0 Å². The summed E-state index contributed by atoms with van der Waals surface area (Å²) >= 11 is 2.70. The van der Waals surface area contributed by atoms with Crippen molar-refractivity contribution in [2.75, 3.05) is 4.66 Å². The van der Waals surface area contributed by atoms with Gasteiger partial charge in [-0.1, -0.05) is 15.9 Å². The summed E-state index contributed by atoms with van der Waals surface area (Å²) in [5.41, 5.74) is 0. The molecule has 3 nitrogen and oxygen atoms in total. The van der Waals surface area contributed by atoms with E-state index in [9.17, 15) is 8.42 Å².